The number of likely N-dealkylation sites (tertiary alicyclic amines) is 1. The molecule has 1 aliphatic heterocycles. The predicted octanol–water partition coefficient (Wildman–Crippen LogP) is 3.09. The number of anilines is 1. The van der Waals surface area contributed by atoms with E-state index in [1.807, 2.05) is 6.07 Å². The van der Waals surface area contributed by atoms with Gasteiger partial charge in [-0.15, -0.1) is 0 Å². The summed E-state index contributed by atoms with van der Waals surface area (Å²) in [5, 5.41) is 12.3. The van der Waals surface area contributed by atoms with Crippen molar-refractivity contribution in [2.24, 2.45) is 16.6 Å². The molecule has 1 fully saturated rings. The van der Waals surface area contributed by atoms with E-state index < -0.39 is 47.7 Å². The van der Waals surface area contributed by atoms with Gasteiger partial charge in [-0.05, 0) is 30.7 Å². The van der Waals surface area contributed by atoms with Gasteiger partial charge < -0.3 is 20.9 Å². The minimum Gasteiger partial charge on any atom is -0.404 e. The number of aliphatic imine (C=N–C) groups is 1. The Balaban J connectivity index is 1.65. The Labute approximate surface area is 217 Å². The standard InChI is InChI=1S/C26H25F3N6O3/c1-34(25(38)18(12-30)14-32-22-10-6-5-9-21(22)26(27,28)29)16-23(36)35-15-17(11-20(35)13-31)24(37)33-19-7-3-2-4-8-19/h2-10,12,14,17,20H,11,15-16,30H2,1H3,(H,33,37)/b18-12+,32-14?. The van der Waals surface area contributed by atoms with Gasteiger partial charge in [-0.1, -0.05) is 30.3 Å². The summed E-state index contributed by atoms with van der Waals surface area (Å²) in [7, 11) is 1.30. The fraction of sp³-hybridized carbons (Fsp3) is 0.269. The average molecular weight is 527 g/mol. The van der Waals surface area contributed by atoms with Gasteiger partial charge in [0.1, 0.15) is 6.04 Å². The molecule has 12 heteroatoms. The number of nitrogens with one attached hydrogen (secondary N) is 1. The van der Waals surface area contributed by atoms with Crippen molar-refractivity contribution in [2.45, 2.75) is 18.6 Å². The first-order valence-electron chi connectivity index (χ1n) is 11.5. The molecule has 3 rings (SSSR count). The van der Waals surface area contributed by atoms with E-state index in [2.05, 4.69) is 10.3 Å². The van der Waals surface area contributed by atoms with Crippen LogP contribution in [0.2, 0.25) is 0 Å². The Morgan fingerprint density at radius 1 is 1.18 bits per heavy atom. The Morgan fingerprint density at radius 3 is 2.47 bits per heavy atom. The van der Waals surface area contributed by atoms with Gasteiger partial charge in [0, 0.05) is 31.7 Å². The van der Waals surface area contributed by atoms with Gasteiger partial charge in [-0.2, -0.15) is 18.4 Å². The van der Waals surface area contributed by atoms with Crippen molar-refractivity contribution in [3.63, 3.8) is 0 Å². The Bertz CT molecular complexity index is 1290. The number of likely N-dealkylation sites (N-methyl/N-ethyl adjacent to an activating group) is 1. The smallest absolute Gasteiger partial charge is 0.404 e. The van der Waals surface area contributed by atoms with Gasteiger partial charge in [-0.25, -0.2) is 0 Å². The fourth-order valence-corrected chi connectivity index (χ4v) is 3.91. The summed E-state index contributed by atoms with van der Waals surface area (Å²) in [5.41, 5.74) is 4.47. The van der Waals surface area contributed by atoms with Crippen LogP contribution in [-0.4, -0.2) is 59.9 Å². The molecule has 0 aromatic heterocycles. The highest BCUT2D eigenvalue weighted by Crippen LogP contribution is 2.36. The molecule has 0 aliphatic carbocycles. The second kappa shape index (κ2) is 12.1. The lowest BCUT2D eigenvalue weighted by atomic mass is 10.1. The summed E-state index contributed by atoms with van der Waals surface area (Å²) in [4.78, 5) is 44.4. The number of rotatable bonds is 7. The molecule has 1 saturated heterocycles. The van der Waals surface area contributed by atoms with Gasteiger partial charge >= 0.3 is 6.18 Å². The van der Waals surface area contributed by atoms with Crippen LogP contribution in [0.1, 0.15) is 12.0 Å². The van der Waals surface area contributed by atoms with Crippen molar-refractivity contribution in [1.29, 1.82) is 5.26 Å². The number of nitrogens with zero attached hydrogens (tertiary/aromatic N) is 4. The summed E-state index contributed by atoms with van der Waals surface area (Å²) in [5.74, 6) is -2.29. The molecule has 2 aromatic carbocycles. The van der Waals surface area contributed by atoms with Crippen molar-refractivity contribution in [1.82, 2.24) is 9.80 Å². The Morgan fingerprint density at radius 2 is 1.84 bits per heavy atom. The van der Waals surface area contributed by atoms with Crippen LogP contribution < -0.4 is 11.1 Å². The molecule has 1 heterocycles. The van der Waals surface area contributed by atoms with E-state index in [1.54, 1.807) is 30.3 Å². The summed E-state index contributed by atoms with van der Waals surface area (Å²) >= 11 is 0. The SMILES string of the molecule is CN(CC(=O)N1CC(C(=O)Nc2ccccc2)CC1C#N)C(=O)/C(C=Nc1ccccc1C(F)(F)F)=C/N. The zero-order valence-corrected chi connectivity index (χ0v) is 20.4. The molecule has 3 amide bonds. The van der Waals surface area contributed by atoms with Crippen molar-refractivity contribution >= 4 is 35.3 Å². The number of nitriles is 1. The van der Waals surface area contributed by atoms with Gasteiger partial charge in [-0.3, -0.25) is 19.4 Å². The first-order chi connectivity index (χ1) is 18.0. The van der Waals surface area contributed by atoms with Crippen molar-refractivity contribution in [3.8, 4) is 6.07 Å². The minimum atomic E-state index is -4.64. The maximum Gasteiger partial charge on any atom is 0.418 e. The highest BCUT2D eigenvalue weighted by atomic mass is 19.4. The molecule has 0 radical (unpaired) electrons. The topological polar surface area (TPSA) is 132 Å². The summed E-state index contributed by atoms with van der Waals surface area (Å²) < 4.78 is 39.6. The number of carbonyl (C=O) groups excluding carboxylic acids is 3. The summed E-state index contributed by atoms with van der Waals surface area (Å²) in [6.45, 7) is -0.457. The lowest BCUT2D eigenvalue weighted by Crippen LogP contribution is -2.43. The number of benzene rings is 2. The molecule has 2 aromatic rings. The summed E-state index contributed by atoms with van der Waals surface area (Å²) in [6, 6.07) is 14.5. The van der Waals surface area contributed by atoms with E-state index in [0.29, 0.717) is 5.69 Å². The predicted molar refractivity (Wildman–Crippen MR) is 134 cm³/mol. The molecule has 0 spiro atoms. The third kappa shape index (κ3) is 6.76. The number of nitrogens with two attached hydrogens (primary N) is 1. The van der Waals surface area contributed by atoms with Crippen LogP contribution in [0.5, 0.6) is 0 Å². The highest BCUT2D eigenvalue weighted by molar-refractivity contribution is 6.13. The monoisotopic (exact) mass is 526 g/mol. The molecule has 2 unspecified atom stereocenters. The zero-order chi connectivity index (χ0) is 27.9. The quantitative estimate of drug-likeness (QED) is 0.423. The first kappa shape index (κ1) is 27.9. The highest BCUT2D eigenvalue weighted by Gasteiger charge is 2.39. The molecule has 0 saturated carbocycles. The van der Waals surface area contributed by atoms with Crippen molar-refractivity contribution in [3.05, 3.63) is 71.9 Å². The average Bonchev–Trinajstić information content (AvgIpc) is 3.34. The van der Waals surface area contributed by atoms with Crippen molar-refractivity contribution < 1.29 is 27.6 Å². The van der Waals surface area contributed by atoms with E-state index in [0.717, 1.165) is 29.4 Å². The fourth-order valence-electron chi connectivity index (χ4n) is 3.91. The molecule has 2 atom stereocenters. The van der Waals surface area contributed by atoms with Gasteiger partial charge in [0.15, 0.2) is 0 Å². The molecular formula is C26H25F3N6O3. The van der Waals surface area contributed by atoms with E-state index in [-0.39, 0.29) is 24.4 Å². The van der Waals surface area contributed by atoms with Crippen LogP contribution >= 0.6 is 0 Å². The number of amides is 3. The molecule has 198 valence electrons. The molecule has 3 N–H and O–H groups in total. The molecule has 1 aliphatic rings. The maximum atomic E-state index is 13.2. The lowest BCUT2D eigenvalue weighted by Gasteiger charge is -2.24. The molecule has 38 heavy (non-hydrogen) atoms. The maximum absolute atomic E-state index is 13.2. The second-order valence-corrected chi connectivity index (χ2v) is 8.54. The third-order valence-corrected chi connectivity index (χ3v) is 5.88. The Kier molecular flexibility index (Phi) is 8.85. The van der Waals surface area contributed by atoms with Crippen LogP contribution in [-0.2, 0) is 20.6 Å². The molecule has 0 bridgehead atoms. The summed E-state index contributed by atoms with van der Waals surface area (Å²) in [6.07, 6.45) is -2.74. The van der Waals surface area contributed by atoms with Gasteiger partial charge in [0.05, 0.1) is 35.4 Å². The van der Waals surface area contributed by atoms with Gasteiger partial charge in [0.25, 0.3) is 5.91 Å². The normalized spacial score (nSPS) is 17.8. The number of alkyl halides is 3. The zero-order valence-electron chi connectivity index (χ0n) is 20.4. The van der Waals surface area contributed by atoms with Crippen LogP contribution in [0.4, 0.5) is 24.5 Å². The third-order valence-electron chi connectivity index (χ3n) is 5.88. The number of carbonyl (C=O) groups is 3. The van der Waals surface area contributed by atoms with Crippen LogP contribution in [0.25, 0.3) is 0 Å². The molecular weight excluding hydrogens is 501 g/mol. The number of halogens is 3. The number of hydrogen-bond donors (Lipinski definition) is 2. The van der Waals surface area contributed by atoms with Crippen LogP contribution in [0.3, 0.4) is 0 Å². The molecule has 9 nitrogen and oxygen atoms in total. The number of hydrogen-bond acceptors (Lipinski definition) is 6. The van der Waals surface area contributed by atoms with E-state index >= 15 is 0 Å². The van der Waals surface area contributed by atoms with Gasteiger partial charge in [0.2, 0.25) is 11.8 Å². The minimum absolute atomic E-state index is 0.00692. The largest absolute Gasteiger partial charge is 0.418 e. The van der Waals surface area contributed by atoms with Crippen molar-refractivity contribution in [2.75, 3.05) is 25.5 Å². The Hall–Kier alpha value is -4.66. The second-order valence-electron chi connectivity index (χ2n) is 8.54. The number of para-hydroxylation sites is 2. The van der Waals surface area contributed by atoms with Crippen LogP contribution in [0.15, 0.2) is 71.4 Å². The lowest BCUT2D eigenvalue weighted by molar-refractivity contribution is -0.137. The van der Waals surface area contributed by atoms with Crippen LogP contribution in [0, 0.1) is 17.2 Å². The van der Waals surface area contributed by atoms with E-state index in [4.69, 9.17) is 5.73 Å². The van der Waals surface area contributed by atoms with E-state index in [9.17, 15) is 32.8 Å². The van der Waals surface area contributed by atoms with E-state index in [1.165, 1.54) is 24.1 Å². The first-order valence-corrected chi connectivity index (χ1v) is 11.5.